The Bertz CT molecular complexity index is 1040. The highest BCUT2D eigenvalue weighted by molar-refractivity contribution is 6.42. The van der Waals surface area contributed by atoms with Gasteiger partial charge in [0.05, 0.1) is 21.7 Å². The molecule has 154 valence electrons. The zero-order chi connectivity index (χ0) is 21.5. The molecule has 3 rings (SSSR count). The fraction of sp³-hybridized carbons (Fsp3) is 0.130. The first kappa shape index (κ1) is 22.2. The molecule has 1 N–H and O–H groups in total. The first-order chi connectivity index (χ1) is 14.4. The summed E-state index contributed by atoms with van der Waals surface area (Å²) in [7, 11) is 0. The standard InChI is InChI=1S/C23H18Cl3NO3/c24-18-8-4-7-17(12-18)23(29)30-14-19(11-15-5-2-1-3-6-15)27-22(28)16-9-10-20(25)21(26)13-16/h1-10,12-13,19H,11,14H2,(H,27,28)/t19-/m0/s1. The molecule has 0 bridgehead atoms. The first-order valence-corrected chi connectivity index (χ1v) is 10.3. The van der Waals surface area contributed by atoms with Crippen molar-refractivity contribution < 1.29 is 14.3 Å². The normalized spacial score (nSPS) is 11.6. The lowest BCUT2D eigenvalue weighted by Crippen LogP contribution is -2.40. The lowest BCUT2D eigenvalue weighted by molar-refractivity contribution is 0.0456. The number of hydrogen-bond donors (Lipinski definition) is 1. The molecule has 0 aliphatic rings. The van der Waals surface area contributed by atoms with Crippen molar-refractivity contribution in [2.24, 2.45) is 0 Å². The second-order valence-corrected chi connectivity index (χ2v) is 7.85. The van der Waals surface area contributed by atoms with E-state index in [-0.39, 0.29) is 17.5 Å². The van der Waals surface area contributed by atoms with Crippen molar-refractivity contribution in [3.05, 3.63) is 105 Å². The summed E-state index contributed by atoms with van der Waals surface area (Å²) >= 11 is 17.9. The van der Waals surface area contributed by atoms with E-state index in [2.05, 4.69) is 5.32 Å². The summed E-state index contributed by atoms with van der Waals surface area (Å²) in [5.41, 5.74) is 1.70. The molecular formula is C23H18Cl3NO3. The largest absolute Gasteiger partial charge is 0.460 e. The molecule has 1 amide bonds. The lowest BCUT2D eigenvalue weighted by Gasteiger charge is -2.19. The van der Waals surface area contributed by atoms with Gasteiger partial charge in [-0.15, -0.1) is 0 Å². The molecule has 30 heavy (non-hydrogen) atoms. The fourth-order valence-electron chi connectivity index (χ4n) is 2.83. The maximum atomic E-state index is 12.7. The molecule has 7 heteroatoms. The maximum absolute atomic E-state index is 12.7. The Morgan fingerprint density at radius 2 is 1.60 bits per heavy atom. The number of halogens is 3. The van der Waals surface area contributed by atoms with E-state index in [9.17, 15) is 9.59 Å². The minimum absolute atomic E-state index is 0.00664. The molecule has 0 saturated heterocycles. The summed E-state index contributed by atoms with van der Waals surface area (Å²) in [4.78, 5) is 25.1. The van der Waals surface area contributed by atoms with Crippen LogP contribution in [0, 0.1) is 0 Å². The van der Waals surface area contributed by atoms with Crippen LogP contribution in [-0.2, 0) is 11.2 Å². The molecule has 0 aliphatic carbocycles. The number of carbonyl (C=O) groups excluding carboxylic acids is 2. The van der Waals surface area contributed by atoms with Crippen molar-refractivity contribution in [2.75, 3.05) is 6.61 Å². The zero-order valence-corrected chi connectivity index (χ0v) is 18.0. The van der Waals surface area contributed by atoms with Gasteiger partial charge >= 0.3 is 5.97 Å². The molecule has 0 spiro atoms. The third-order valence-corrected chi connectivity index (χ3v) is 5.29. The number of esters is 1. The second-order valence-electron chi connectivity index (χ2n) is 6.60. The molecule has 0 fully saturated rings. The van der Waals surface area contributed by atoms with Gasteiger partial charge in [-0.1, -0.05) is 71.2 Å². The molecule has 0 unspecified atom stereocenters. The zero-order valence-electron chi connectivity index (χ0n) is 15.8. The van der Waals surface area contributed by atoms with Crippen LogP contribution in [-0.4, -0.2) is 24.5 Å². The molecule has 0 heterocycles. The number of rotatable bonds is 7. The van der Waals surface area contributed by atoms with E-state index >= 15 is 0 Å². The monoisotopic (exact) mass is 461 g/mol. The van der Waals surface area contributed by atoms with Crippen molar-refractivity contribution in [3.63, 3.8) is 0 Å². The summed E-state index contributed by atoms with van der Waals surface area (Å²) in [5, 5.41) is 4.00. The third kappa shape index (κ3) is 6.23. The smallest absolute Gasteiger partial charge is 0.338 e. The highest BCUT2D eigenvalue weighted by atomic mass is 35.5. The van der Waals surface area contributed by atoms with E-state index in [1.54, 1.807) is 30.3 Å². The number of hydrogen-bond acceptors (Lipinski definition) is 3. The van der Waals surface area contributed by atoms with Crippen LogP contribution in [0.2, 0.25) is 15.1 Å². The summed E-state index contributed by atoms with van der Waals surface area (Å²) < 4.78 is 5.44. The van der Waals surface area contributed by atoms with E-state index in [0.29, 0.717) is 27.6 Å². The molecule has 0 aromatic heterocycles. The number of carbonyl (C=O) groups is 2. The van der Waals surface area contributed by atoms with Crippen molar-refractivity contribution in [2.45, 2.75) is 12.5 Å². The Kier molecular flexibility index (Phi) is 7.75. The maximum Gasteiger partial charge on any atom is 0.338 e. The van der Waals surface area contributed by atoms with Crippen LogP contribution in [0.4, 0.5) is 0 Å². The number of ether oxygens (including phenoxy) is 1. The predicted molar refractivity (Wildman–Crippen MR) is 120 cm³/mol. The van der Waals surface area contributed by atoms with E-state index in [1.807, 2.05) is 30.3 Å². The third-order valence-electron chi connectivity index (χ3n) is 4.32. The van der Waals surface area contributed by atoms with Gasteiger partial charge in [-0.25, -0.2) is 4.79 Å². The van der Waals surface area contributed by atoms with Gasteiger partial charge in [0.15, 0.2) is 0 Å². The van der Waals surface area contributed by atoms with Gasteiger partial charge in [-0.2, -0.15) is 0 Å². The predicted octanol–water partition coefficient (Wildman–Crippen LogP) is 5.84. The SMILES string of the molecule is O=C(N[C@H](COC(=O)c1cccc(Cl)c1)Cc1ccccc1)c1ccc(Cl)c(Cl)c1. The highest BCUT2D eigenvalue weighted by Crippen LogP contribution is 2.22. The Balaban J connectivity index is 1.71. The topological polar surface area (TPSA) is 55.4 Å². The molecule has 4 nitrogen and oxygen atoms in total. The summed E-state index contributed by atoms with van der Waals surface area (Å²) in [6.07, 6.45) is 0.483. The molecule has 0 aliphatic heterocycles. The van der Waals surface area contributed by atoms with Gasteiger partial charge < -0.3 is 10.1 Å². The second kappa shape index (κ2) is 10.5. The van der Waals surface area contributed by atoms with Gasteiger partial charge in [-0.05, 0) is 48.4 Å². The fourth-order valence-corrected chi connectivity index (χ4v) is 3.32. The average molecular weight is 463 g/mol. The van der Waals surface area contributed by atoms with Gasteiger partial charge in [0.2, 0.25) is 0 Å². The Hall–Kier alpha value is -2.53. The van der Waals surface area contributed by atoms with Crippen LogP contribution in [0.15, 0.2) is 72.8 Å². The molecule has 3 aromatic carbocycles. The molecular weight excluding hydrogens is 445 g/mol. The molecule has 3 aromatic rings. The van der Waals surface area contributed by atoms with Crippen molar-refractivity contribution in [3.8, 4) is 0 Å². The minimum atomic E-state index is -0.514. The lowest BCUT2D eigenvalue weighted by atomic mass is 10.1. The Labute approximate surface area is 189 Å². The van der Waals surface area contributed by atoms with Crippen molar-refractivity contribution >= 4 is 46.7 Å². The van der Waals surface area contributed by atoms with E-state index in [4.69, 9.17) is 39.5 Å². The number of benzene rings is 3. The minimum Gasteiger partial charge on any atom is -0.460 e. The van der Waals surface area contributed by atoms with Crippen LogP contribution in [0.25, 0.3) is 0 Å². The van der Waals surface area contributed by atoms with E-state index < -0.39 is 12.0 Å². The summed E-state index contributed by atoms with van der Waals surface area (Å²) in [5.74, 6) is -0.854. The van der Waals surface area contributed by atoms with Crippen LogP contribution in [0.3, 0.4) is 0 Å². The number of nitrogens with one attached hydrogen (secondary N) is 1. The molecule has 1 atom stereocenters. The van der Waals surface area contributed by atoms with Crippen LogP contribution >= 0.6 is 34.8 Å². The van der Waals surface area contributed by atoms with Gasteiger partial charge in [0, 0.05) is 10.6 Å². The van der Waals surface area contributed by atoms with Crippen LogP contribution < -0.4 is 5.32 Å². The quantitative estimate of drug-likeness (QED) is 0.448. The van der Waals surface area contributed by atoms with Gasteiger partial charge in [0.25, 0.3) is 5.91 Å². The Morgan fingerprint density at radius 1 is 0.833 bits per heavy atom. The van der Waals surface area contributed by atoms with Crippen molar-refractivity contribution in [1.82, 2.24) is 5.32 Å². The van der Waals surface area contributed by atoms with E-state index in [0.717, 1.165) is 5.56 Å². The molecule has 0 radical (unpaired) electrons. The first-order valence-electron chi connectivity index (χ1n) is 9.15. The van der Waals surface area contributed by atoms with Crippen LogP contribution in [0.5, 0.6) is 0 Å². The van der Waals surface area contributed by atoms with Crippen LogP contribution in [0.1, 0.15) is 26.3 Å². The summed E-state index contributed by atoms with van der Waals surface area (Å²) in [6, 6.07) is 20.3. The summed E-state index contributed by atoms with van der Waals surface area (Å²) in [6.45, 7) is -0.00664. The van der Waals surface area contributed by atoms with Crippen molar-refractivity contribution in [1.29, 1.82) is 0 Å². The average Bonchev–Trinajstić information content (AvgIpc) is 2.74. The van der Waals surface area contributed by atoms with Gasteiger partial charge in [0.1, 0.15) is 6.61 Å². The van der Waals surface area contributed by atoms with E-state index in [1.165, 1.54) is 12.1 Å². The molecule has 0 saturated carbocycles. The Morgan fingerprint density at radius 3 is 2.30 bits per heavy atom. The number of amides is 1. The highest BCUT2D eigenvalue weighted by Gasteiger charge is 2.18. The van der Waals surface area contributed by atoms with Gasteiger partial charge in [-0.3, -0.25) is 4.79 Å².